The van der Waals surface area contributed by atoms with Crippen molar-refractivity contribution in [3.05, 3.63) is 23.8 Å². The molecule has 1 nitrogen and oxygen atoms in total. The lowest BCUT2D eigenvalue weighted by Crippen LogP contribution is -2.41. The predicted molar refractivity (Wildman–Crippen MR) is 67.2 cm³/mol. The van der Waals surface area contributed by atoms with Crippen molar-refractivity contribution in [2.24, 2.45) is 10.8 Å². The van der Waals surface area contributed by atoms with Gasteiger partial charge in [0.15, 0.2) is 0 Å². The molecule has 0 unspecified atom stereocenters. The molecular formula is C15H22O. The molecule has 0 spiro atoms. The van der Waals surface area contributed by atoms with Crippen molar-refractivity contribution in [2.75, 3.05) is 0 Å². The van der Waals surface area contributed by atoms with Gasteiger partial charge in [-0.1, -0.05) is 32.1 Å². The molecule has 2 rings (SSSR count). The van der Waals surface area contributed by atoms with E-state index in [1.54, 1.807) is 0 Å². The average molecular weight is 218 g/mol. The number of hydrogen-bond acceptors (Lipinski definition) is 1. The Morgan fingerprint density at radius 3 is 2.75 bits per heavy atom. The van der Waals surface area contributed by atoms with Gasteiger partial charge < -0.3 is 0 Å². The molecule has 0 N–H and O–H groups in total. The maximum atomic E-state index is 10.9. The molecule has 0 heterocycles. The Morgan fingerprint density at radius 1 is 1.31 bits per heavy atom. The summed E-state index contributed by atoms with van der Waals surface area (Å²) in [6.07, 6.45) is 9.97. The van der Waals surface area contributed by atoms with Crippen LogP contribution in [0.3, 0.4) is 0 Å². The van der Waals surface area contributed by atoms with Crippen molar-refractivity contribution in [1.29, 1.82) is 0 Å². The minimum Gasteiger partial charge on any atom is -0.298 e. The maximum absolute atomic E-state index is 10.9. The molecule has 2 aliphatic rings. The van der Waals surface area contributed by atoms with E-state index < -0.39 is 0 Å². The molecule has 1 fully saturated rings. The number of aldehydes is 1. The predicted octanol–water partition coefficient (Wildman–Crippen LogP) is 4.05. The van der Waals surface area contributed by atoms with Crippen LogP contribution in [0, 0.1) is 10.8 Å². The quantitative estimate of drug-likeness (QED) is 0.479. The Bertz CT molecular complexity index is 352. The smallest absolute Gasteiger partial charge is 0.145 e. The standard InChI is InChI=1S/C15H22O/c1-12-5-4-8-14(2)9-6-13(11-16)7-10-15(12,14)3/h7,11H,1,4-6,8-10H2,2-3H3/t14-,15+/m1/s1. The SMILES string of the molecule is C=C1CCC[C@]2(C)CCC(C=O)=CC[C@@]12C. The molecule has 0 aliphatic heterocycles. The zero-order chi connectivity index (χ0) is 11.8. The first-order chi connectivity index (χ1) is 7.52. The van der Waals surface area contributed by atoms with Crippen molar-refractivity contribution in [1.82, 2.24) is 0 Å². The summed E-state index contributed by atoms with van der Waals surface area (Å²) >= 11 is 0. The van der Waals surface area contributed by atoms with Crippen LogP contribution in [-0.4, -0.2) is 6.29 Å². The Hall–Kier alpha value is -0.850. The van der Waals surface area contributed by atoms with Crippen molar-refractivity contribution in [3.63, 3.8) is 0 Å². The molecule has 16 heavy (non-hydrogen) atoms. The highest BCUT2D eigenvalue weighted by Crippen LogP contribution is 2.58. The van der Waals surface area contributed by atoms with Gasteiger partial charge in [0.05, 0.1) is 0 Å². The number of carbonyl (C=O) groups is 1. The Balaban J connectivity index is 2.37. The lowest BCUT2D eigenvalue weighted by molar-refractivity contribution is -0.105. The van der Waals surface area contributed by atoms with Gasteiger partial charge in [-0.3, -0.25) is 4.79 Å². The van der Waals surface area contributed by atoms with Gasteiger partial charge in [0.1, 0.15) is 6.29 Å². The first-order valence-corrected chi connectivity index (χ1v) is 6.34. The zero-order valence-electron chi connectivity index (χ0n) is 10.5. The topological polar surface area (TPSA) is 17.1 Å². The summed E-state index contributed by atoms with van der Waals surface area (Å²) in [5.41, 5.74) is 2.92. The van der Waals surface area contributed by atoms with Gasteiger partial charge in [0.2, 0.25) is 0 Å². The Labute approximate surface area is 98.6 Å². The minimum atomic E-state index is 0.204. The number of carbonyl (C=O) groups excluding carboxylic acids is 1. The monoisotopic (exact) mass is 218 g/mol. The minimum absolute atomic E-state index is 0.204. The van der Waals surface area contributed by atoms with Crippen LogP contribution in [0.15, 0.2) is 23.8 Å². The maximum Gasteiger partial charge on any atom is 0.145 e. The first-order valence-electron chi connectivity index (χ1n) is 6.34. The lowest BCUT2D eigenvalue weighted by atomic mass is 9.54. The Kier molecular flexibility index (Phi) is 2.81. The van der Waals surface area contributed by atoms with Gasteiger partial charge in [-0.05, 0) is 54.9 Å². The molecule has 0 aromatic heterocycles. The normalized spacial score (nSPS) is 39.6. The highest BCUT2D eigenvalue weighted by molar-refractivity contribution is 5.73. The second-order valence-electron chi connectivity index (χ2n) is 5.95. The molecule has 0 bridgehead atoms. The third kappa shape index (κ3) is 1.57. The van der Waals surface area contributed by atoms with E-state index in [0.29, 0.717) is 5.41 Å². The summed E-state index contributed by atoms with van der Waals surface area (Å²) < 4.78 is 0. The van der Waals surface area contributed by atoms with Crippen molar-refractivity contribution in [3.8, 4) is 0 Å². The van der Waals surface area contributed by atoms with E-state index in [1.165, 1.54) is 18.4 Å². The number of rotatable bonds is 1. The van der Waals surface area contributed by atoms with Gasteiger partial charge in [-0.25, -0.2) is 0 Å². The highest BCUT2D eigenvalue weighted by atomic mass is 16.1. The first kappa shape index (κ1) is 11.6. The summed E-state index contributed by atoms with van der Waals surface area (Å²) in [4.78, 5) is 10.9. The molecule has 0 aromatic carbocycles. The van der Waals surface area contributed by atoms with E-state index in [9.17, 15) is 4.79 Å². The van der Waals surface area contributed by atoms with Crippen molar-refractivity contribution in [2.45, 2.75) is 52.4 Å². The van der Waals surface area contributed by atoms with Crippen molar-refractivity contribution >= 4 is 6.29 Å². The second kappa shape index (κ2) is 3.87. The summed E-state index contributed by atoms with van der Waals surface area (Å²) in [6.45, 7) is 9.02. The molecule has 1 heteroatoms. The molecule has 2 atom stereocenters. The van der Waals surface area contributed by atoms with Crippen LogP contribution in [0.2, 0.25) is 0 Å². The molecule has 0 amide bonds. The van der Waals surface area contributed by atoms with E-state index >= 15 is 0 Å². The van der Waals surface area contributed by atoms with Gasteiger partial charge in [-0.15, -0.1) is 0 Å². The lowest BCUT2D eigenvalue weighted by Gasteiger charge is -2.51. The molecule has 0 aromatic rings. The van der Waals surface area contributed by atoms with Crippen LogP contribution in [0.25, 0.3) is 0 Å². The van der Waals surface area contributed by atoms with Gasteiger partial charge in [-0.2, -0.15) is 0 Å². The fourth-order valence-electron chi connectivity index (χ4n) is 3.43. The third-order valence-corrected chi connectivity index (χ3v) is 5.21. The summed E-state index contributed by atoms with van der Waals surface area (Å²) in [5.74, 6) is 0. The summed E-state index contributed by atoms with van der Waals surface area (Å²) in [5, 5.41) is 0. The fourth-order valence-corrected chi connectivity index (χ4v) is 3.43. The van der Waals surface area contributed by atoms with Crippen LogP contribution in [0.1, 0.15) is 52.4 Å². The van der Waals surface area contributed by atoms with Gasteiger partial charge >= 0.3 is 0 Å². The van der Waals surface area contributed by atoms with E-state index in [0.717, 1.165) is 37.5 Å². The molecule has 0 radical (unpaired) electrons. The fraction of sp³-hybridized carbons (Fsp3) is 0.667. The zero-order valence-corrected chi connectivity index (χ0v) is 10.5. The summed E-state index contributed by atoms with van der Waals surface area (Å²) in [6, 6.07) is 0. The van der Waals surface area contributed by atoms with E-state index in [2.05, 4.69) is 26.5 Å². The average Bonchev–Trinajstić information content (AvgIpc) is 2.39. The molecule has 88 valence electrons. The largest absolute Gasteiger partial charge is 0.298 e. The van der Waals surface area contributed by atoms with E-state index in [4.69, 9.17) is 0 Å². The molecule has 1 saturated carbocycles. The second-order valence-corrected chi connectivity index (χ2v) is 5.95. The molecular weight excluding hydrogens is 196 g/mol. The Morgan fingerprint density at radius 2 is 2.06 bits per heavy atom. The van der Waals surface area contributed by atoms with Crippen LogP contribution < -0.4 is 0 Å². The number of hydrogen-bond donors (Lipinski definition) is 0. The van der Waals surface area contributed by atoms with Gasteiger partial charge in [0.25, 0.3) is 0 Å². The third-order valence-electron chi connectivity index (χ3n) is 5.21. The van der Waals surface area contributed by atoms with Crippen LogP contribution in [0.5, 0.6) is 0 Å². The number of fused-ring (bicyclic) bond motifs is 1. The van der Waals surface area contributed by atoms with Gasteiger partial charge in [0, 0.05) is 0 Å². The summed E-state index contributed by atoms with van der Waals surface area (Å²) in [7, 11) is 0. The van der Waals surface area contributed by atoms with E-state index in [-0.39, 0.29) is 5.41 Å². The highest BCUT2D eigenvalue weighted by Gasteiger charge is 2.48. The molecule has 2 aliphatic carbocycles. The van der Waals surface area contributed by atoms with Crippen LogP contribution in [0.4, 0.5) is 0 Å². The van der Waals surface area contributed by atoms with Crippen LogP contribution in [-0.2, 0) is 4.79 Å². The molecule has 0 saturated heterocycles. The van der Waals surface area contributed by atoms with Crippen molar-refractivity contribution < 1.29 is 4.79 Å². The van der Waals surface area contributed by atoms with E-state index in [1.807, 2.05) is 0 Å². The number of allylic oxidation sites excluding steroid dienone is 3. The van der Waals surface area contributed by atoms with Crippen LogP contribution >= 0.6 is 0 Å².